The third kappa shape index (κ3) is 6.09. The summed E-state index contributed by atoms with van der Waals surface area (Å²) in [5.41, 5.74) is 3.32. The number of morpholine rings is 1. The Bertz CT molecular complexity index is 1250. The van der Waals surface area contributed by atoms with Crippen molar-refractivity contribution >= 4 is 65.5 Å². The van der Waals surface area contributed by atoms with E-state index in [4.69, 9.17) is 9.47 Å². The first-order valence-electron chi connectivity index (χ1n) is 13.4. The standard InChI is InChI=1S/C26H34B4FN3O5/c1-15-3-2-4-16(6-8-34(24(15)36)26(30)7-5-19(35)32-25(26)37)39-14-18-21(28)20(27)17(22(29)23(18)31)13-33-9-11-38-12-10-33/h2-4,6H,5,7-14,27-30H2,1H3,(H,32,35,37)/b4-2-,15-3+,16-6-. The Hall–Kier alpha value is -3.04. The zero-order valence-corrected chi connectivity index (χ0v) is 23.5. The van der Waals surface area contributed by atoms with E-state index >= 15 is 4.39 Å². The molecule has 2 fully saturated rings. The van der Waals surface area contributed by atoms with Crippen molar-refractivity contribution in [2.75, 3.05) is 32.8 Å². The molecule has 1 aromatic rings. The number of allylic oxidation sites excluding steroid dienone is 3. The number of benzene rings is 1. The van der Waals surface area contributed by atoms with Crippen LogP contribution in [-0.2, 0) is 37.0 Å². The summed E-state index contributed by atoms with van der Waals surface area (Å²) in [6.07, 6.45) is 7.20. The Morgan fingerprint density at radius 3 is 2.49 bits per heavy atom. The number of amides is 3. The van der Waals surface area contributed by atoms with Crippen molar-refractivity contribution in [2.24, 2.45) is 0 Å². The van der Waals surface area contributed by atoms with Crippen molar-refractivity contribution in [1.29, 1.82) is 0 Å². The molecule has 0 radical (unpaired) electrons. The van der Waals surface area contributed by atoms with Crippen LogP contribution in [0, 0.1) is 5.82 Å². The molecule has 1 atom stereocenters. The Balaban J connectivity index is 1.56. The van der Waals surface area contributed by atoms with Crippen LogP contribution in [0.4, 0.5) is 4.39 Å². The molecule has 0 spiro atoms. The SMILES string of the molecule is Bc1c(B)c(COC2=C\CN(C3(B)CCC(=O)NC3=O)C(=O)/C(C)=C/C=C\2)c(F)c(B)c1CN1CCOCC1. The summed E-state index contributed by atoms with van der Waals surface area (Å²) >= 11 is 0. The van der Waals surface area contributed by atoms with E-state index in [1.54, 1.807) is 39.1 Å². The second-order valence-corrected chi connectivity index (χ2v) is 10.7. The van der Waals surface area contributed by atoms with Gasteiger partial charge in [-0.25, -0.2) is 4.39 Å². The molecular formula is C26H34B4FN3O5. The second-order valence-electron chi connectivity index (χ2n) is 10.7. The van der Waals surface area contributed by atoms with Gasteiger partial charge < -0.3 is 14.4 Å². The molecule has 202 valence electrons. The van der Waals surface area contributed by atoms with Crippen LogP contribution in [0.1, 0.15) is 30.9 Å². The fraction of sp³-hybridized carbons (Fsp3) is 0.423. The molecule has 1 unspecified atom stereocenters. The smallest absolute Gasteiger partial charge is 0.250 e. The highest BCUT2D eigenvalue weighted by atomic mass is 19.1. The molecule has 0 aromatic heterocycles. The molecule has 3 aliphatic heterocycles. The molecule has 3 amide bonds. The molecule has 3 heterocycles. The molecule has 1 aromatic carbocycles. The van der Waals surface area contributed by atoms with E-state index in [-0.39, 0.29) is 43.6 Å². The van der Waals surface area contributed by atoms with Gasteiger partial charge in [0.05, 0.1) is 18.7 Å². The molecule has 2 saturated heterocycles. The van der Waals surface area contributed by atoms with Crippen molar-refractivity contribution in [1.82, 2.24) is 15.1 Å². The number of nitrogens with one attached hydrogen (secondary N) is 1. The van der Waals surface area contributed by atoms with Gasteiger partial charge in [0, 0.05) is 43.7 Å². The maximum Gasteiger partial charge on any atom is 0.250 e. The van der Waals surface area contributed by atoms with E-state index in [0.717, 1.165) is 29.6 Å². The number of carbonyl (C=O) groups is 3. The summed E-state index contributed by atoms with van der Waals surface area (Å²) in [4.78, 5) is 41.5. The normalized spacial score (nSPS) is 26.4. The number of halogens is 1. The first-order valence-corrected chi connectivity index (χ1v) is 13.4. The van der Waals surface area contributed by atoms with Crippen LogP contribution in [0.15, 0.2) is 35.6 Å². The zero-order valence-electron chi connectivity index (χ0n) is 23.5. The van der Waals surface area contributed by atoms with E-state index in [9.17, 15) is 14.4 Å². The first kappa shape index (κ1) is 29.0. The Morgan fingerprint density at radius 1 is 1.10 bits per heavy atom. The summed E-state index contributed by atoms with van der Waals surface area (Å²) < 4.78 is 27.2. The van der Waals surface area contributed by atoms with Gasteiger partial charge in [-0.3, -0.25) is 24.6 Å². The van der Waals surface area contributed by atoms with Crippen molar-refractivity contribution in [2.45, 2.75) is 38.4 Å². The van der Waals surface area contributed by atoms with Gasteiger partial charge in [-0.15, -0.1) is 0 Å². The van der Waals surface area contributed by atoms with Crippen LogP contribution in [0.5, 0.6) is 0 Å². The molecular weight excluding hydrogens is 497 g/mol. The Kier molecular flexibility index (Phi) is 8.91. The highest BCUT2D eigenvalue weighted by Crippen LogP contribution is 2.25. The average Bonchev–Trinajstić information content (AvgIpc) is 2.98. The van der Waals surface area contributed by atoms with Gasteiger partial charge in [0.25, 0.3) is 0 Å². The molecule has 0 bridgehead atoms. The van der Waals surface area contributed by atoms with Crippen molar-refractivity contribution in [3.8, 4) is 0 Å². The minimum absolute atomic E-state index is 0.0241. The van der Waals surface area contributed by atoms with Crippen LogP contribution in [-0.4, -0.2) is 97.2 Å². The van der Waals surface area contributed by atoms with Gasteiger partial charge in [0.15, 0.2) is 0 Å². The summed E-state index contributed by atoms with van der Waals surface area (Å²) in [7, 11) is 7.43. The van der Waals surface area contributed by atoms with Crippen LogP contribution in [0.2, 0.25) is 0 Å². The van der Waals surface area contributed by atoms with Crippen molar-refractivity contribution < 1.29 is 28.2 Å². The Labute approximate surface area is 232 Å². The zero-order chi connectivity index (χ0) is 28.3. The predicted molar refractivity (Wildman–Crippen MR) is 158 cm³/mol. The summed E-state index contributed by atoms with van der Waals surface area (Å²) in [5, 5.41) is 2.36. The van der Waals surface area contributed by atoms with Crippen molar-refractivity contribution in [3.63, 3.8) is 0 Å². The fourth-order valence-corrected chi connectivity index (χ4v) is 5.29. The minimum atomic E-state index is -1.18. The van der Waals surface area contributed by atoms with Crippen molar-refractivity contribution in [3.05, 3.63) is 52.6 Å². The monoisotopic (exact) mass is 531 g/mol. The number of ether oxygens (including phenoxy) is 2. The summed E-state index contributed by atoms with van der Waals surface area (Å²) in [5.74, 6) is -0.947. The van der Waals surface area contributed by atoms with E-state index in [1.807, 2.05) is 23.5 Å². The van der Waals surface area contributed by atoms with Crippen LogP contribution in [0.25, 0.3) is 0 Å². The highest BCUT2D eigenvalue weighted by molar-refractivity contribution is 6.52. The third-order valence-electron chi connectivity index (χ3n) is 8.22. The van der Waals surface area contributed by atoms with E-state index in [2.05, 4.69) is 10.2 Å². The maximum absolute atomic E-state index is 15.7. The molecule has 39 heavy (non-hydrogen) atoms. The second kappa shape index (κ2) is 12.0. The topological polar surface area (TPSA) is 88.2 Å². The van der Waals surface area contributed by atoms with Crippen LogP contribution >= 0.6 is 0 Å². The molecule has 8 nitrogen and oxygen atoms in total. The molecule has 13 heteroatoms. The summed E-state index contributed by atoms with van der Waals surface area (Å²) in [6, 6.07) is 0. The van der Waals surface area contributed by atoms with Gasteiger partial charge in [0.1, 0.15) is 49.6 Å². The number of imide groups is 1. The maximum atomic E-state index is 15.7. The van der Waals surface area contributed by atoms with Crippen LogP contribution < -0.4 is 21.7 Å². The quantitative estimate of drug-likeness (QED) is 0.298. The van der Waals surface area contributed by atoms with Gasteiger partial charge in [0.2, 0.25) is 17.7 Å². The third-order valence-corrected chi connectivity index (χ3v) is 8.22. The lowest BCUT2D eigenvalue weighted by Crippen LogP contribution is -2.65. The van der Waals surface area contributed by atoms with E-state index in [0.29, 0.717) is 42.1 Å². The number of piperidine rings is 1. The van der Waals surface area contributed by atoms with E-state index < -0.39 is 11.3 Å². The number of hydrogen-bond donors (Lipinski definition) is 1. The molecule has 0 aliphatic carbocycles. The van der Waals surface area contributed by atoms with Gasteiger partial charge in [-0.2, -0.15) is 0 Å². The highest BCUT2D eigenvalue weighted by Gasteiger charge is 2.45. The van der Waals surface area contributed by atoms with E-state index in [1.165, 1.54) is 4.90 Å². The number of hydrogen-bond acceptors (Lipinski definition) is 6. The van der Waals surface area contributed by atoms with Gasteiger partial charge in [-0.05, 0) is 36.5 Å². The average molecular weight is 531 g/mol. The summed E-state index contributed by atoms with van der Waals surface area (Å²) in [6.45, 7) is 5.52. The minimum Gasteiger partial charge on any atom is -0.489 e. The predicted octanol–water partition coefficient (Wildman–Crippen LogP) is -4.06. The lowest BCUT2D eigenvalue weighted by molar-refractivity contribution is -0.146. The Morgan fingerprint density at radius 2 is 1.79 bits per heavy atom. The molecule has 3 aliphatic rings. The molecule has 0 saturated carbocycles. The molecule has 1 N–H and O–H groups in total. The van der Waals surface area contributed by atoms with Gasteiger partial charge in [-0.1, -0.05) is 23.1 Å². The number of carbonyl (C=O) groups excluding carboxylic acids is 3. The lowest BCUT2D eigenvalue weighted by Gasteiger charge is -2.42. The number of nitrogens with zero attached hydrogens (tertiary/aromatic N) is 2. The first-order chi connectivity index (χ1) is 18.5. The number of rotatable bonds is 6. The fourth-order valence-electron chi connectivity index (χ4n) is 5.29. The van der Waals surface area contributed by atoms with Gasteiger partial charge >= 0.3 is 0 Å². The molecule has 4 rings (SSSR count). The van der Waals surface area contributed by atoms with Crippen LogP contribution in [0.3, 0.4) is 0 Å². The lowest BCUT2D eigenvalue weighted by atomic mass is 9.69. The largest absolute Gasteiger partial charge is 0.489 e.